The number of nitriles is 1. The van der Waals surface area contributed by atoms with Gasteiger partial charge < -0.3 is 10.1 Å². The van der Waals surface area contributed by atoms with Crippen LogP contribution in [0.25, 0.3) is 0 Å². The van der Waals surface area contributed by atoms with E-state index in [1.807, 2.05) is 6.07 Å². The van der Waals surface area contributed by atoms with Crippen molar-refractivity contribution in [3.63, 3.8) is 0 Å². The van der Waals surface area contributed by atoms with E-state index in [0.717, 1.165) is 0 Å². The standard InChI is InChI=1S/C19H27N3O5S/c1-13(2)19(5,12-20)21-17(23)11-27-18(24)15-8-7-9-16(10-15)28(25,26)22(6)14(3)4/h7-10,13-14H,11H2,1-6H3,(H,21,23)/t19-/m0/s1. The molecule has 1 amide bonds. The minimum atomic E-state index is -3.75. The van der Waals surface area contributed by atoms with E-state index in [1.54, 1.807) is 34.6 Å². The lowest BCUT2D eigenvalue weighted by Gasteiger charge is -2.27. The predicted molar refractivity (Wildman–Crippen MR) is 104 cm³/mol. The first-order valence-electron chi connectivity index (χ1n) is 8.82. The molecule has 0 aliphatic carbocycles. The van der Waals surface area contributed by atoms with Crippen molar-refractivity contribution in [2.24, 2.45) is 5.92 Å². The number of carbonyl (C=O) groups is 2. The molecule has 1 aromatic rings. The molecule has 0 aliphatic rings. The average Bonchev–Trinajstić information content (AvgIpc) is 2.65. The van der Waals surface area contributed by atoms with Gasteiger partial charge >= 0.3 is 5.97 Å². The summed E-state index contributed by atoms with van der Waals surface area (Å²) in [6.07, 6.45) is 0. The van der Waals surface area contributed by atoms with Gasteiger partial charge in [-0.3, -0.25) is 4.79 Å². The molecule has 0 saturated carbocycles. The van der Waals surface area contributed by atoms with Crippen LogP contribution < -0.4 is 5.32 Å². The molecule has 0 unspecified atom stereocenters. The molecular weight excluding hydrogens is 382 g/mol. The first-order chi connectivity index (χ1) is 12.8. The minimum absolute atomic E-state index is 0.0120. The van der Waals surface area contributed by atoms with Crippen molar-refractivity contribution in [3.05, 3.63) is 29.8 Å². The average molecular weight is 410 g/mol. The Kier molecular flexibility index (Phi) is 7.73. The molecule has 0 radical (unpaired) electrons. The monoisotopic (exact) mass is 409 g/mol. The van der Waals surface area contributed by atoms with Crippen LogP contribution in [0, 0.1) is 17.2 Å². The second-order valence-electron chi connectivity index (χ2n) is 7.24. The van der Waals surface area contributed by atoms with E-state index in [2.05, 4.69) is 5.32 Å². The van der Waals surface area contributed by atoms with Crippen molar-refractivity contribution in [2.75, 3.05) is 13.7 Å². The molecule has 9 heteroatoms. The van der Waals surface area contributed by atoms with E-state index in [-0.39, 0.29) is 22.4 Å². The third kappa shape index (κ3) is 5.53. The Labute approximate surface area is 166 Å². The molecule has 0 aromatic heterocycles. The molecule has 28 heavy (non-hydrogen) atoms. The Morgan fingerprint density at radius 3 is 2.39 bits per heavy atom. The minimum Gasteiger partial charge on any atom is -0.452 e. The van der Waals surface area contributed by atoms with Crippen LogP contribution in [0.1, 0.15) is 45.0 Å². The summed E-state index contributed by atoms with van der Waals surface area (Å²) in [7, 11) is -2.30. The molecule has 0 fully saturated rings. The second-order valence-corrected chi connectivity index (χ2v) is 9.23. The van der Waals surface area contributed by atoms with Crippen LogP contribution in [-0.2, 0) is 19.6 Å². The zero-order valence-corrected chi connectivity index (χ0v) is 17.8. The molecule has 0 bridgehead atoms. The van der Waals surface area contributed by atoms with Crippen molar-refractivity contribution in [1.82, 2.24) is 9.62 Å². The quantitative estimate of drug-likeness (QED) is 0.656. The van der Waals surface area contributed by atoms with Crippen LogP contribution in [0.5, 0.6) is 0 Å². The molecule has 1 N–H and O–H groups in total. The maximum Gasteiger partial charge on any atom is 0.338 e. The number of ether oxygens (including phenoxy) is 1. The molecule has 1 aromatic carbocycles. The lowest BCUT2D eigenvalue weighted by molar-refractivity contribution is -0.125. The maximum absolute atomic E-state index is 12.5. The van der Waals surface area contributed by atoms with Crippen molar-refractivity contribution in [3.8, 4) is 6.07 Å². The van der Waals surface area contributed by atoms with E-state index >= 15 is 0 Å². The lowest BCUT2D eigenvalue weighted by Crippen LogP contribution is -2.50. The third-order valence-corrected chi connectivity index (χ3v) is 6.62. The molecular formula is C19H27N3O5S. The number of benzene rings is 1. The number of hydrogen-bond acceptors (Lipinski definition) is 6. The van der Waals surface area contributed by atoms with Crippen LogP contribution in [0.4, 0.5) is 0 Å². The second kappa shape index (κ2) is 9.17. The van der Waals surface area contributed by atoms with Crippen molar-refractivity contribution in [1.29, 1.82) is 5.26 Å². The summed E-state index contributed by atoms with van der Waals surface area (Å²) in [6, 6.07) is 7.21. The molecule has 0 heterocycles. The van der Waals surface area contributed by atoms with Crippen molar-refractivity contribution in [2.45, 2.75) is 51.1 Å². The normalized spacial score (nSPS) is 13.9. The van der Waals surface area contributed by atoms with Gasteiger partial charge in [0, 0.05) is 13.1 Å². The predicted octanol–water partition coefficient (Wildman–Crippen LogP) is 1.93. The van der Waals surface area contributed by atoms with E-state index in [1.165, 1.54) is 35.6 Å². The van der Waals surface area contributed by atoms with Gasteiger partial charge in [0.05, 0.1) is 16.5 Å². The fraction of sp³-hybridized carbons (Fsp3) is 0.526. The van der Waals surface area contributed by atoms with Crippen LogP contribution in [0.15, 0.2) is 29.2 Å². The molecule has 8 nitrogen and oxygen atoms in total. The SMILES string of the molecule is CC(C)N(C)S(=O)(=O)c1cccc(C(=O)OCC(=O)N[C@@](C)(C#N)C(C)C)c1. The van der Waals surface area contributed by atoms with Crippen LogP contribution in [0.2, 0.25) is 0 Å². The molecule has 1 atom stereocenters. The summed E-state index contributed by atoms with van der Waals surface area (Å²) in [5, 5.41) is 11.7. The summed E-state index contributed by atoms with van der Waals surface area (Å²) in [6.45, 7) is 8.05. The van der Waals surface area contributed by atoms with Gasteiger partial charge in [-0.15, -0.1) is 0 Å². The Hall–Kier alpha value is -2.44. The van der Waals surface area contributed by atoms with Gasteiger partial charge in [0.25, 0.3) is 5.91 Å². The number of hydrogen-bond donors (Lipinski definition) is 1. The number of amides is 1. The Balaban J connectivity index is 2.87. The van der Waals surface area contributed by atoms with Crippen LogP contribution >= 0.6 is 0 Å². The van der Waals surface area contributed by atoms with Crippen LogP contribution in [0.3, 0.4) is 0 Å². The lowest BCUT2D eigenvalue weighted by atomic mass is 9.90. The zero-order chi connectivity index (χ0) is 21.7. The Morgan fingerprint density at radius 2 is 1.89 bits per heavy atom. The molecule has 154 valence electrons. The van der Waals surface area contributed by atoms with Gasteiger partial charge in [-0.25, -0.2) is 13.2 Å². The zero-order valence-electron chi connectivity index (χ0n) is 17.0. The summed E-state index contributed by atoms with van der Waals surface area (Å²) >= 11 is 0. The number of sulfonamides is 1. The van der Waals surface area contributed by atoms with Gasteiger partial charge in [-0.1, -0.05) is 19.9 Å². The largest absolute Gasteiger partial charge is 0.452 e. The highest BCUT2D eigenvalue weighted by molar-refractivity contribution is 7.89. The van der Waals surface area contributed by atoms with Crippen molar-refractivity contribution >= 4 is 21.9 Å². The molecule has 0 spiro atoms. The number of carbonyl (C=O) groups excluding carboxylic acids is 2. The number of nitrogens with one attached hydrogen (secondary N) is 1. The first kappa shape index (κ1) is 23.6. The highest BCUT2D eigenvalue weighted by Crippen LogP contribution is 2.18. The van der Waals surface area contributed by atoms with E-state index in [4.69, 9.17) is 4.74 Å². The van der Waals surface area contributed by atoms with E-state index in [9.17, 15) is 23.3 Å². The number of esters is 1. The number of rotatable bonds is 8. The fourth-order valence-corrected chi connectivity index (χ4v) is 3.48. The van der Waals surface area contributed by atoms with Gasteiger partial charge in [0.1, 0.15) is 5.54 Å². The topological polar surface area (TPSA) is 117 Å². The van der Waals surface area contributed by atoms with Gasteiger partial charge in [-0.05, 0) is 44.9 Å². The first-order valence-corrected chi connectivity index (χ1v) is 10.3. The molecule has 0 aliphatic heterocycles. The highest BCUT2D eigenvalue weighted by Gasteiger charge is 2.30. The summed E-state index contributed by atoms with van der Waals surface area (Å²) in [5.41, 5.74) is -1.07. The molecule has 0 saturated heterocycles. The Morgan fingerprint density at radius 1 is 1.29 bits per heavy atom. The third-order valence-electron chi connectivity index (χ3n) is 4.59. The summed E-state index contributed by atoms with van der Waals surface area (Å²) < 4.78 is 31.3. The highest BCUT2D eigenvalue weighted by atomic mass is 32.2. The molecule has 1 rings (SSSR count). The maximum atomic E-state index is 12.5. The van der Waals surface area contributed by atoms with E-state index in [0.29, 0.717) is 0 Å². The smallest absolute Gasteiger partial charge is 0.338 e. The summed E-state index contributed by atoms with van der Waals surface area (Å²) in [5.74, 6) is -1.59. The van der Waals surface area contributed by atoms with Gasteiger partial charge in [-0.2, -0.15) is 9.57 Å². The fourth-order valence-electron chi connectivity index (χ4n) is 2.07. The Bertz CT molecular complexity index is 874. The summed E-state index contributed by atoms with van der Waals surface area (Å²) in [4.78, 5) is 24.2. The number of nitrogens with zero attached hydrogens (tertiary/aromatic N) is 2. The van der Waals surface area contributed by atoms with Gasteiger partial charge in [0.15, 0.2) is 6.61 Å². The van der Waals surface area contributed by atoms with E-state index < -0.39 is 34.0 Å². The van der Waals surface area contributed by atoms with Crippen LogP contribution in [-0.4, -0.2) is 49.8 Å². The van der Waals surface area contributed by atoms with Gasteiger partial charge in [0.2, 0.25) is 10.0 Å². The van der Waals surface area contributed by atoms with Crippen molar-refractivity contribution < 1.29 is 22.7 Å².